The summed E-state index contributed by atoms with van der Waals surface area (Å²) in [6, 6.07) is -0.437. The van der Waals surface area contributed by atoms with Crippen LogP contribution in [0.15, 0.2) is 0 Å². The molecule has 0 radical (unpaired) electrons. The maximum absolute atomic E-state index is 12.2. The fourth-order valence-electron chi connectivity index (χ4n) is 3.17. The second kappa shape index (κ2) is 7.50. The summed E-state index contributed by atoms with van der Waals surface area (Å²) in [5.41, 5.74) is 5.29. The molecule has 1 saturated heterocycles. The average molecular weight is 282 g/mol. The highest BCUT2D eigenvalue weighted by molar-refractivity contribution is 5.76. The Labute approximate surface area is 120 Å². The number of nitrogens with two attached hydrogens (primary N) is 1. The Kier molecular flexibility index (Phi) is 5.68. The fourth-order valence-corrected chi connectivity index (χ4v) is 3.17. The largest absolute Gasteiger partial charge is 0.462 e. The summed E-state index contributed by atoms with van der Waals surface area (Å²) in [6.45, 7) is 1.07. The molecule has 5 nitrogen and oxygen atoms in total. The van der Waals surface area contributed by atoms with E-state index in [4.69, 9.17) is 10.5 Å². The van der Waals surface area contributed by atoms with Crippen molar-refractivity contribution in [2.24, 2.45) is 11.7 Å². The minimum absolute atomic E-state index is 0.0757. The van der Waals surface area contributed by atoms with E-state index >= 15 is 0 Å². The third kappa shape index (κ3) is 4.39. The Hall–Kier alpha value is -1.26. The monoisotopic (exact) mass is 282 g/mol. The molecular formula is C15H26N2O3. The van der Waals surface area contributed by atoms with Gasteiger partial charge in [0, 0.05) is 13.1 Å². The van der Waals surface area contributed by atoms with Crippen LogP contribution in [0.1, 0.15) is 57.8 Å². The molecule has 1 saturated carbocycles. The fraction of sp³-hybridized carbons (Fsp3) is 0.867. The van der Waals surface area contributed by atoms with Crippen molar-refractivity contribution in [1.29, 1.82) is 0 Å². The van der Waals surface area contributed by atoms with Gasteiger partial charge in [-0.1, -0.05) is 19.3 Å². The van der Waals surface area contributed by atoms with Gasteiger partial charge in [-0.3, -0.25) is 4.79 Å². The molecule has 114 valence electrons. The van der Waals surface area contributed by atoms with E-state index in [0.29, 0.717) is 13.1 Å². The number of esters is 1. The lowest BCUT2D eigenvalue weighted by Crippen LogP contribution is -2.45. The molecule has 0 aromatic carbocycles. The van der Waals surface area contributed by atoms with Crippen LogP contribution in [0.4, 0.5) is 4.79 Å². The normalized spacial score (nSPS) is 25.6. The number of likely N-dealkylation sites (tertiary alicyclic amines) is 1. The number of carbonyl (C=O) groups excluding carboxylic acids is 2. The molecule has 2 N–H and O–H groups in total. The van der Waals surface area contributed by atoms with Gasteiger partial charge in [0.05, 0.1) is 5.92 Å². The van der Waals surface area contributed by atoms with Gasteiger partial charge in [0.1, 0.15) is 6.10 Å². The smallest absolute Gasteiger partial charge is 0.314 e. The van der Waals surface area contributed by atoms with Crippen molar-refractivity contribution in [2.45, 2.75) is 63.9 Å². The average Bonchev–Trinajstić information content (AvgIpc) is 2.41. The highest BCUT2D eigenvalue weighted by atomic mass is 16.5. The van der Waals surface area contributed by atoms with Crippen molar-refractivity contribution in [3.63, 3.8) is 0 Å². The number of hydrogen-bond donors (Lipinski definition) is 1. The number of ether oxygens (including phenoxy) is 1. The molecule has 5 heteroatoms. The topological polar surface area (TPSA) is 72.6 Å². The van der Waals surface area contributed by atoms with Gasteiger partial charge >= 0.3 is 12.0 Å². The quantitative estimate of drug-likeness (QED) is 0.791. The molecule has 1 aliphatic heterocycles. The summed E-state index contributed by atoms with van der Waals surface area (Å²) in [6.07, 6.45) is 9.76. The first-order chi connectivity index (χ1) is 9.66. The molecule has 2 amide bonds. The minimum atomic E-state index is -0.437. The van der Waals surface area contributed by atoms with E-state index in [1.54, 1.807) is 4.90 Å². The van der Waals surface area contributed by atoms with Crippen molar-refractivity contribution in [2.75, 3.05) is 13.1 Å². The van der Waals surface area contributed by atoms with Gasteiger partial charge in [-0.25, -0.2) is 4.79 Å². The molecule has 0 unspecified atom stereocenters. The number of carbonyl (C=O) groups is 2. The van der Waals surface area contributed by atoms with Gasteiger partial charge in [0.25, 0.3) is 0 Å². The van der Waals surface area contributed by atoms with Crippen LogP contribution < -0.4 is 5.73 Å². The molecule has 20 heavy (non-hydrogen) atoms. The third-order valence-electron chi connectivity index (χ3n) is 4.40. The number of amides is 2. The zero-order valence-electron chi connectivity index (χ0n) is 12.2. The SMILES string of the molecule is NC(=O)N1CCC[C@@H](C(=O)OC2CCCCCCC2)C1. The van der Waals surface area contributed by atoms with E-state index in [0.717, 1.165) is 38.5 Å². The van der Waals surface area contributed by atoms with E-state index in [1.807, 2.05) is 0 Å². The Morgan fingerprint density at radius 2 is 1.60 bits per heavy atom. The first-order valence-corrected chi connectivity index (χ1v) is 7.91. The predicted molar refractivity (Wildman–Crippen MR) is 76.1 cm³/mol. The van der Waals surface area contributed by atoms with Crippen LogP contribution in [0.2, 0.25) is 0 Å². The first-order valence-electron chi connectivity index (χ1n) is 7.91. The van der Waals surface area contributed by atoms with Gasteiger partial charge in [-0.05, 0) is 38.5 Å². The number of hydrogen-bond acceptors (Lipinski definition) is 3. The second-order valence-electron chi connectivity index (χ2n) is 6.03. The van der Waals surface area contributed by atoms with Gasteiger partial charge in [0.15, 0.2) is 0 Å². The molecule has 0 spiro atoms. The highest BCUT2D eigenvalue weighted by Crippen LogP contribution is 2.23. The maximum Gasteiger partial charge on any atom is 0.314 e. The van der Waals surface area contributed by atoms with Crippen molar-refractivity contribution in [3.8, 4) is 0 Å². The lowest BCUT2D eigenvalue weighted by molar-refractivity contribution is -0.156. The molecule has 1 aliphatic carbocycles. The Morgan fingerprint density at radius 3 is 2.25 bits per heavy atom. The predicted octanol–water partition coefficient (Wildman–Crippen LogP) is 2.43. The van der Waals surface area contributed by atoms with Crippen molar-refractivity contribution >= 4 is 12.0 Å². The number of rotatable bonds is 2. The molecule has 0 aromatic rings. The zero-order valence-corrected chi connectivity index (χ0v) is 12.2. The van der Waals surface area contributed by atoms with Gasteiger partial charge in [0.2, 0.25) is 0 Å². The second-order valence-corrected chi connectivity index (χ2v) is 6.03. The molecule has 1 heterocycles. The van der Waals surface area contributed by atoms with E-state index < -0.39 is 6.03 Å². The van der Waals surface area contributed by atoms with Crippen LogP contribution in [0, 0.1) is 5.92 Å². The molecule has 2 rings (SSSR count). The Morgan fingerprint density at radius 1 is 0.950 bits per heavy atom. The summed E-state index contributed by atoms with van der Waals surface area (Å²) in [5.74, 6) is -0.330. The number of primary amides is 1. The number of piperidine rings is 1. The molecular weight excluding hydrogens is 256 g/mol. The van der Waals surface area contributed by atoms with Crippen LogP contribution in [-0.2, 0) is 9.53 Å². The lowest BCUT2D eigenvalue weighted by Gasteiger charge is -2.31. The van der Waals surface area contributed by atoms with Crippen molar-refractivity contribution in [3.05, 3.63) is 0 Å². The molecule has 2 fully saturated rings. The maximum atomic E-state index is 12.2. The Bertz CT molecular complexity index is 338. The summed E-state index contributed by atoms with van der Waals surface area (Å²) >= 11 is 0. The van der Waals surface area contributed by atoms with Crippen LogP contribution in [0.5, 0.6) is 0 Å². The van der Waals surface area contributed by atoms with E-state index in [-0.39, 0.29) is 18.0 Å². The van der Waals surface area contributed by atoms with Crippen molar-refractivity contribution in [1.82, 2.24) is 4.90 Å². The van der Waals surface area contributed by atoms with Crippen LogP contribution in [-0.4, -0.2) is 36.1 Å². The van der Waals surface area contributed by atoms with E-state index in [1.165, 1.54) is 19.3 Å². The summed E-state index contributed by atoms with van der Waals surface area (Å²) in [5, 5.41) is 0. The third-order valence-corrected chi connectivity index (χ3v) is 4.40. The number of nitrogens with zero attached hydrogens (tertiary/aromatic N) is 1. The Balaban J connectivity index is 1.82. The number of urea groups is 1. The van der Waals surface area contributed by atoms with E-state index in [2.05, 4.69) is 0 Å². The highest BCUT2D eigenvalue weighted by Gasteiger charge is 2.30. The molecule has 2 aliphatic rings. The summed E-state index contributed by atoms with van der Waals surface area (Å²) in [7, 11) is 0. The van der Waals surface area contributed by atoms with Crippen molar-refractivity contribution < 1.29 is 14.3 Å². The van der Waals surface area contributed by atoms with E-state index in [9.17, 15) is 9.59 Å². The molecule has 0 bridgehead atoms. The van der Waals surface area contributed by atoms with Gasteiger partial charge in [-0.2, -0.15) is 0 Å². The van der Waals surface area contributed by atoms with Gasteiger partial charge in [-0.15, -0.1) is 0 Å². The summed E-state index contributed by atoms with van der Waals surface area (Å²) < 4.78 is 5.68. The lowest BCUT2D eigenvalue weighted by atomic mass is 9.96. The zero-order chi connectivity index (χ0) is 14.4. The standard InChI is InChI=1S/C15H26N2O3/c16-15(19)17-10-6-7-12(11-17)14(18)20-13-8-4-2-1-3-5-9-13/h12-13H,1-11H2,(H2,16,19)/t12-/m1/s1. The summed E-state index contributed by atoms with van der Waals surface area (Å²) in [4.78, 5) is 25.0. The molecule has 1 atom stereocenters. The van der Waals surface area contributed by atoms with Crippen LogP contribution >= 0.6 is 0 Å². The minimum Gasteiger partial charge on any atom is -0.462 e. The molecule has 0 aromatic heterocycles. The van der Waals surface area contributed by atoms with Crippen LogP contribution in [0.25, 0.3) is 0 Å². The van der Waals surface area contributed by atoms with Crippen LogP contribution in [0.3, 0.4) is 0 Å². The first kappa shape index (κ1) is 15.1. The van der Waals surface area contributed by atoms with Gasteiger partial charge < -0.3 is 15.4 Å².